The minimum absolute atomic E-state index is 0.123. The van der Waals surface area contributed by atoms with Crippen LogP contribution in [0.5, 0.6) is 0 Å². The highest BCUT2D eigenvalue weighted by molar-refractivity contribution is 8.26. The van der Waals surface area contributed by atoms with E-state index in [1.807, 2.05) is 0 Å². The Hall–Kier alpha value is -2.04. The molecule has 1 aromatic rings. The van der Waals surface area contributed by atoms with Gasteiger partial charge in [0.05, 0.1) is 16.7 Å². The fourth-order valence-corrected chi connectivity index (χ4v) is 5.29. The topological polar surface area (TPSA) is 83.6 Å². The fourth-order valence-electron chi connectivity index (χ4n) is 2.75. The van der Waals surface area contributed by atoms with Gasteiger partial charge in [-0.2, -0.15) is 0 Å². The smallest absolute Gasteiger partial charge is 0.266 e. The number of hydrogen-bond donors (Lipinski definition) is 1. The third-order valence-corrected chi connectivity index (χ3v) is 6.88. The van der Waals surface area contributed by atoms with Crippen LogP contribution < -0.4 is 5.32 Å². The summed E-state index contributed by atoms with van der Waals surface area (Å²) in [5.74, 6) is -1.00. The van der Waals surface area contributed by atoms with E-state index in [1.165, 1.54) is 23.1 Å². The molecule has 0 radical (unpaired) electrons. The average molecular weight is 441 g/mol. The quantitative estimate of drug-likeness (QED) is 0.540. The summed E-state index contributed by atoms with van der Waals surface area (Å²) in [6.45, 7) is 0.289. The van der Waals surface area contributed by atoms with Crippen LogP contribution in [-0.2, 0) is 19.4 Å². The maximum Gasteiger partial charge on any atom is 0.266 e. The van der Waals surface area contributed by atoms with E-state index in [4.69, 9.17) is 12.2 Å². The van der Waals surface area contributed by atoms with Crippen LogP contribution in [0.1, 0.15) is 18.4 Å². The van der Waals surface area contributed by atoms with Gasteiger partial charge in [0.15, 0.2) is 9.84 Å². The Labute approximate surface area is 171 Å². The maximum atomic E-state index is 13.0. The van der Waals surface area contributed by atoms with Gasteiger partial charge in [0.2, 0.25) is 5.91 Å². The first kappa shape index (κ1) is 20.7. The van der Waals surface area contributed by atoms with Gasteiger partial charge in [0.1, 0.15) is 10.1 Å². The van der Waals surface area contributed by atoms with Crippen molar-refractivity contribution in [3.8, 4) is 0 Å². The first-order valence-electron chi connectivity index (χ1n) is 8.45. The van der Waals surface area contributed by atoms with E-state index in [9.17, 15) is 22.4 Å². The number of nitrogens with one attached hydrogen (secondary N) is 1. The summed E-state index contributed by atoms with van der Waals surface area (Å²) in [5, 5.41) is 3.74. The number of thioether (sulfide) groups is 1. The van der Waals surface area contributed by atoms with Crippen LogP contribution in [-0.4, -0.2) is 47.8 Å². The molecular weight excluding hydrogens is 423 g/mol. The number of carbonyl (C=O) groups excluding carboxylic acids is 2. The third-order valence-electron chi connectivity index (χ3n) is 4.10. The Morgan fingerprint density at radius 2 is 2.07 bits per heavy atom. The van der Waals surface area contributed by atoms with Crippen LogP contribution >= 0.6 is 24.0 Å². The Balaban J connectivity index is 1.50. The van der Waals surface area contributed by atoms with E-state index in [1.54, 1.807) is 18.2 Å². The molecule has 1 fully saturated rings. The lowest BCUT2D eigenvalue weighted by atomic mass is 10.2. The molecule has 0 bridgehead atoms. The molecule has 1 unspecified atom stereocenters. The van der Waals surface area contributed by atoms with Crippen molar-refractivity contribution < 1.29 is 22.4 Å². The van der Waals surface area contributed by atoms with Crippen molar-refractivity contribution in [1.29, 1.82) is 0 Å². The van der Waals surface area contributed by atoms with E-state index >= 15 is 0 Å². The van der Waals surface area contributed by atoms with Gasteiger partial charge in [-0.25, -0.2) is 12.8 Å². The number of thiocarbonyl (C=S) groups is 1. The van der Waals surface area contributed by atoms with Gasteiger partial charge in [0.25, 0.3) is 5.91 Å². The molecule has 1 aromatic carbocycles. The minimum Gasteiger partial charge on any atom is -0.349 e. The second-order valence-corrected chi connectivity index (χ2v) is 9.93. The summed E-state index contributed by atoms with van der Waals surface area (Å²) in [4.78, 5) is 26.3. The second kappa shape index (κ2) is 8.54. The van der Waals surface area contributed by atoms with Gasteiger partial charge in [-0.3, -0.25) is 14.5 Å². The summed E-state index contributed by atoms with van der Waals surface area (Å²) in [6, 6.07) is 5.27. The monoisotopic (exact) mass is 440 g/mol. The molecule has 3 rings (SSSR count). The standard InChI is InChI=1S/C18H17FN2O4S3/c19-13-5-3-12(4-6-13)10-15-17(23)21(18(26)27-15)8-1-2-16(22)20-14-7-9-28(24,25)11-14/h3-7,9-10,14H,1-2,8,11H2,(H,20,22). The van der Waals surface area contributed by atoms with Crippen LogP contribution in [0.3, 0.4) is 0 Å². The number of nitrogens with zero attached hydrogens (tertiary/aromatic N) is 1. The van der Waals surface area contributed by atoms with Gasteiger partial charge < -0.3 is 5.32 Å². The fraction of sp³-hybridized carbons (Fsp3) is 0.278. The van der Waals surface area contributed by atoms with E-state index in [-0.39, 0.29) is 36.4 Å². The van der Waals surface area contributed by atoms with Crippen LogP contribution in [0, 0.1) is 5.82 Å². The molecule has 2 aliphatic heterocycles. The van der Waals surface area contributed by atoms with Crippen LogP contribution in [0.4, 0.5) is 4.39 Å². The van der Waals surface area contributed by atoms with E-state index in [2.05, 4.69) is 5.32 Å². The van der Waals surface area contributed by atoms with Crippen molar-refractivity contribution in [3.05, 3.63) is 52.0 Å². The van der Waals surface area contributed by atoms with E-state index in [0.29, 0.717) is 21.2 Å². The zero-order valence-electron chi connectivity index (χ0n) is 14.6. The molecule has 2 heterocycles. The molecule has 2 aliphatic rings. The van der Waals surface area contributed by atoms with Crippen molar-refractivity contribution in [3.63, 3.8) is 0 Å². The first-order chi connectivity index (χ1) is 13.2. The second-order valence-electron chi connectivity index (χ2n) is 6.32. The number of rotatable bonds is 6. The molecule has 1 N–H and O–H groups in total. The van der Waals surface area contributed by atoms with Crippen molar-refractivity contribution in [2.45, 2.75) is 18.9 Å². The van der Waals surface area contributed by atoms with Gasteiger partial charge >= 0.3 is 0 Å². The summed E-state index contributed by atoms with van der Waals surface area (Å²) >= 11 is 6.41. The summed E-state index contributed by atoms with van der Waals surface area (Å²) < 4.78 is 36.1. The van der Waals surface area contributed by atoms with Crippen molar-refractivity contribution in [2.75, 3.05) is 12.3 Å². The number of amides is 2. The van der Waals surface area contributed by atoms with Gasteiger partial charge in [-0.05, 0) is 36.3 Å². The Bertz CT molecular complexity index is 971. The highest BCUT2D eigenvalue weighted by Crippen LogP contribution is 2.32. The largest absolute Gasteiger partial charge is 0.349 e. The molecule has 1 atom stereocenters. The number of halogens is 1. The van der Waals surface area contributed by atoms with Gasteiger partial charge in [-0.1, -0.05) is 36.1 Å². The van der Waals surface area contributed by atoms with Crippen LogP contribution in [0.2, 0.25) is 0 Å². The Morgan fingerprint density at radius 1 is 1.36 bits per heavy atom. The normalized spacial score (nSPS) is 22.2. The molecule has 6 nitrogen and oxygen atoms in total. The SMILES string of the molecule is O=C(CCCN1C(=O)C(=Cc2ccc(F)cc2)SC1=S)NC1C=CS(=O)(=O)C1. The molecule has 0 saturated carbocycles. The number of hydrogen-bond acceptors (Lipinski definition) is 6. The molecule has 1 saturated heterocycles. The van der Waals surface area contributed by atoms with Gasteiger partial charge in [-0.15, -0.1) is 0 Å². The molecule has 0 aromatic heterocycles. The zero-order chi connectivity index (χ0) is 20.3. The van der Waals surface area contributed by atoms with Crippen molar-refractivity contribution in [2.24, 2.45) is 0 Å². The Morgan fingerprint density at radius 3 is 2.71 bits per heavy atom. The molecule has 28 heavy (non-hydrogen) atoms. The summed E-state index contributed by atoms with van der Waals surface area (Å²) in [5.41, 5.74) is 0.695. The lowest BCUT2D eigenvalue weighted by molar-refractivity contribution is -0.124. The molecular formula is C18H17FN2O4S3. The molecule has 10 heteroatoms. The predicted molar refractivity (Wildman–Crippen MR) is 110 cm³/mol. The lowest BCUT2D eigenvalue weighted by Crippen LogP contribution is -2.36. The first-order valence-corrected chi connectivity index (χ1v) is 11.4. The Kier molecular flexibility index (Phi) is 6.31. The van der Waals surface area contributed by atoms with E-state index in [0.717, 1.165) is 17.2 Å². The maximum absolute atomic E-state index is 13.0. The van der Waals surface area contributed by atoms with Gasteiger partial charge in [0, 0.05) is 18.4 Å². The van der Waals surface area contributed by atoms with Crippen LogP contribution in [0.15, 0.2) is 40.7 Å². The lowest BCUT2D eigenvalue weighted by Gasteiger charge is -2.15. The molecule has 0 aliphatic carbocycles. The van der Waals surface area contributed by atoms with E-state index < -0.39 is 15.9 Å². The average Bonchev–Trinajstić information content (AvgIpc) is 3.09. The molecule has 0 spiro atoms. The molecule has 148 valence electrons. The predicted octanol–water partition coefficient (Wildman–Crippen LogP) is 2.23. The minimum atomic E-state index is -3.22. The summed E-state index contributed by atoms with van der Waals surface area (Å²) in [6.07, 6.45) is 3.65. The molecule has 2 amide bonds. The van der Waals surface area contributed by atoms with Crippen molar-refractivity contribution in [1.82, 2.24) is 10.2 Å². The number of benzene rings is 1. The summed E-state index contributed by atoms with van der Waals surface area (Å²) in [7, 11) is -3.22. The number of sulfone groups is 1. The van der Waals surface area contributed by atoms with Crippen molar-refractivity contribution >= 4 is 56.0 Å². The highest BCUT2D eigenvalue weighted by Gasteiger charge is 2.31. The zero-order valence-corrected chi connectivity index (χ0v) is 17.1. The third kappa shape index (κ3) is 5.27. The van der Waals surface area contributed by atoms with Crippen LogP contribution in [0.25, 0.3) is 6.08 Å². The highest BCUT2D eigenvalue weighted by atomic mass is 32.2. The number of carbonyl (C=O) groups is 2.